The van der Waals surface area contributed by atoms with Crippen molar-refractivity contribution in [2.75, 3.05) is 18.0 Å². The number of anilines is 1. The maximum atomic E-state index is 12.9. The minimum absolute atomic E-state index is 0.189. The van der Waals surface area contributed by atoms with E-state index in [1.807, 2.05) is 0 Å². The highest BCUT2D eigenvalue weighted by Crippen LogP contribution is 2.23. The number of nitrogens with one attached hydrogen (secondary N) is 1. The summed E-state index contributed by atoms with van der Waals surface area (Å²) in [7, 11) is 0. The quantitative estimate of drug-likeness (QED) is 0.642. The summed E-state index contributed by atoms with van der Waals surface area (Å²) in [6, 6.07) is 6.60. The molecule has 4 rings (SSSR count). The lowest BCUT2D eigenvalue weighted by atomic mass is 10.1. The van der Waals surface area contributed by atoms with E-state index in [2.05, 4.69) is 15.3 Å². The lowest BCUT2D eigenvalue weighted by molar-refractivity contribution is -0.119. The largest absolute Gasteiger partial charge is 0.442 e. The van der Waals surface area contributed by atoms with Gasteiger partial charge in [0.15, 0.2) is 0 Å². The molecule has 1 aromatic carbocycles. The summed E-state index contributed by atoms with van der Waals surface area (Å²) >= 11 is 5.96. The van der Waals surface area contributed by atoms with Crippen LogP contribution in [0.15, 0.2) is 42.9 Å². The molecule has 10 heteroatoms. The molecule has 3 aromatic rings. The van der Waals surface area contributed by atoms with Gasteiger partial charge in [0.2, 0.25) is 17.5 Å². The van der Waals surface area contributed by atoms with Crippen molar-refractivity contribution in [3.8, 4) is 0 Å². The third kappa shape index (κ3) is 3.77. The maximum absolute atomic E-state index is 12.9. The Morgan fingerprint density at radius 1 is 1.24 bits per heavy atom. The van der Waals surface area contributed by atoms with Crippen molar-refractivity contribution < 1.29 is 19.1 Å². The van der Waals surface area contributed by atoms with Crippen LogP contribution in [0.3, 0.4) is 0 Å². The van der Waals surface area contributed by atoms with Crippen molar-refractivity contribution in [2.45, 2.75) is 13.0 Å². The molecule has 0 radical (unpaired) electrons. The molecule has 2 amide bonds. The number of halogens is 1. The molecule has 1 saturated heterocycles. The topological polar surface area (TPSA) is 106 Å². The van der Waals surface area contributed by atoms with Gasteiger partial charge in [-0.3, -0.25) is 18.9 Å². The molecule has 148 valence electrons. The highest BCUT2D eigenvalue weighted by atomic mass is 35.5. The predicted octanol–water partition coefficient (Wildman–Crippen LogP) is 2.07. The molecule has 1 N–H and O–H groups in total. The van der Waals surface area contributed by atoms with Gasteiger partial charge in [0.05, 0.1) is 30.5 Å². The van der Waals surface area contributed by atoms with E-state index in [0.29, 0.717) is 34.3 Å². The summed E-state index contributed by atoms with van der Waals surface area (Å²) in [6.07, 6.45) is 3.55. The molecule has 0 saturated carbocycles. The van der Waals surface area contributed by atoms with Crippen molar-refractivity contribution in [3.63, 3.8) is 0 Å². The number of aromatic nitrogens is 3. The Labute approximate surface area is 170 Å². The third-order valence-corrected chi connectivity index (χ3v) is 4.65. The second-order valence-corrected chi connectivity index (χ2v) is 6.95. The zero-order chi connectivity index (χ0) is 20.5. The molecule has 0 bridgehead atoms. The average Bonchev–Trinajstić information content (AvgIpc) is 3.29. The molecule has 1 aliphatic rings. The van der Waals surface area contributed by atoms with Crippen LogP contribution in [0, 0.1) is 0 Å². The summed E-state index contributed by atoms with van der Waals surface area (Å²) in [4.78, 5) is 45.6. The fourth-order valence-corrected chi connectivity index (χ4v) is 3.20. The summed E-state index contributed by atoms with van der Waals surface area (Å²) < 4.78 is 6.78. The van der Waals surface area contributed by atoms with Gasteiger partial charge in [-0.15, -0.1) is 0 Å². The molecule has 1 aliphatic heterocycles. The number of ketones is 1. The number of carbonyl (C=O) groups is 3. The number of nitrogens with zero attached hydrogens (tertiary/aromatic N) is 4. The number of benzene rings is 1. The number of cyclic esters (lactones) is 1. The van der Waals surface area contributed by atoms with E-state index in [9.17, 15) is 14.4 Å². The third-order valence-electron chi connectivity index (χ3n) is 4.46. The Balaban J connectivity index is 1.52. The van der Waals surface area contributed by atoms with Gasteiger partial charge in [-0.2, -0.15) is 0 Å². The molecule has 0 spiro atoms. The highest BCUT2D eigenvalue weighted by molar-refractivity contribution is 6.30. The van der Waals surface area contributed by atoms with Gasteiger partial charge in [-0.1, -0.05) is 11.6 Å². The van der Waals surface area contributed by atoms with Crippen LogP contribution in [0.1, 0.15) is 23.0 Å². The van der Waals surface area contributed by atoms with Crippen LogP contribution >= 0.6 is 11.6 Å². The van der Waals surface area contributed by atoms with Crippen LogP contribution in [-0.2, 0) is 9.53 Å². The fraction of sp³-hybridized carbons (Fsp3) is 0.211. The molecule has 9 nitrogen and oxygen atoms in total. The number of rotatable bonds is 5. The minimum Gasteiger partial charge on any atom is -0.442 e. The first-order chi connectivity index (χ1) is 13.9. The number of amides is 2. The zero-order valence-electron chi connectivity index (χ0n) is 15.3. The monoisotopic (exact) mass is 413 g/mol. The molecular formula is C19H16ClN5O4. The number of hydrogen-bond acceptors (Lipinski definition) is 6. The molecule has 0 aliphatic carbocycles. The van der Waals surface area contributed by atoms with Gasteiger partial charge in [0, 0.05) is 24.4 Å². The van der Waals surface area contributed by atoms with Crippen molar-refractivity contribution in [1.29, 1.82) is 0 Å². The van der Waals surface area contributed by atoms with E-state index in [0.717, 1.165) is 0 Å². The van der Waals surface area contributed by atoms with E-state index >= 15 is 0 Å². The number of imidazole rings is 1. The van der Waals surface area contributed by atoms with Gasteiger partial charge < -0.3 is 10.1 Å². The number of carbonyl (C=O) groups excluding carboxylic acids is 3. The van der Waals surface area contributed by atoms with Crippen LogP contribution in [0.25, 0.3) is 5.78 Å². The number of ether oxygens (including phenoxy) is 1. The molecule has 0 unspecified atom stereocenters. The summed E-state index contributed by atoms with van der Waals surface area (Å²) in [6.45, 7) is 1.96. The van der Waals surface area contributed by atoms with E-state index in [4.69, 9.17) is 16.3 Å². The van der Waals surface area contributed by atoms with Crippen molar-refractivity contribution in [1.82, 2.24) is 19.7 Å². The maximum Gasteiger partial charge on any atom is 0.414 e. The van der Waals surface area contributed by atoms with E-state index in [1.165, 1.54) is 28.6 Å². The molecular weight excluding hydrogens is 398 g/mol. The molecule has 29 heavy (non-hydrogen) atoms. The second kappa shape index (κ2) is 7.51. The fourth-order valence-electron chi connectivity index (χ4n) is 3.05. The minimum atomic E-state index is -0.498. The van der Waals surface area contributed by atoms with Crippen LogP contribution in [0.2, 0.25) is 5.02 Å². The van der Waals surface area contributed by atoms with Crippen LogP contribution in [0.5, 0.6) is 0 Å². The second-order valence-electron chi connectivity index (χ2n) is 6.52. The first-order valence-electron chi connectivity index (χ1n) is 8.78. The lowest BCUT2D eigenvalue weighted by Gasteiger charge is -2.13. The first-order valence-corrected chi connectivity index (χ1v) is 9.16. The molecule has 2 aromatic heterocycles. The predicted molar refractivity (Wildman–Crippen MR) is 104 cm³/mol. The normalized spacial score (nSPS) is 16.1. The number of fused-ring (bicyclic) bond motifs is 1. The highest BCUT2D eigenvalue weighted by Gasteiger charge is 2.32. The molecule has 1 fully saturated rings. The Bertz CT molecular complexity index is 1110. The van der Waals surface area contributed by atoms with Gasteiger partial charge in [-0.25, -0.2) is 14.8 Å². The van der Waals surface area contributed by atoms with Crippen molar-refractivity contribution in [2.24, 2.45) is 0 Å². The Kier molecular flexibility index (Phi) is 4.89. The van der Waals surface area contributed by atoms with E-state index in [1.54, 1.807) is 30.5 Å². The average molecular weight is 414 g/mol. The van der Waals surface area contributed by atoms with Gasteiger partial charge in [0.1, 0.15) is 11.8 Å². The Hall–Kier alpha value is -3.46. The summed E-state index contributed by atoms with van der Waals surface area (Å²) in [5.74, 6) is -0.0636. The lowest BCUT2D eigenvalue weighted by Crippen LogP contribution is -2.33. The van der Waals surface area contributed by atoms with Gasteiger partial charge >= 0.3 is 6.09 Å². The van der Waals surface area contributed by atoms with E-state index in [-0.39, 0.29) is 18.2 Å². The van der Waals surface area contributed by atoms with Crippen molar-refractivity contribution >= 4 is 40.8 Å². The zero-order valence-corrected chi connectivity index (χ0v) is 16.1. The Morgan fingerprint density at radius 3 is 2.69 bits per heavy atom. The van der Waals surface area contributed by atoms with Crippen molar-refractivity contribution in [3.05, 3.63) is 59.1 Å². The molecule has 3 heterocycles. The molecule has 1 atom stereocenters. The first kappa shape index (κ1) is 18.9. The SMILES string of the molecule is CC(=O)NC[C@H]1CN(c2ccc(C(=O)c3cnc4ncc(Cl)cn34)cc2)C(=O)O1. The number of hydrogen-bond donors (Lipinski definition) is 1. The Morgan fingerprint density at radius 2 is 1.97 bits per heavy atom. The standard InChI is InChI=1S/C19H16ClN5O4/c1-11(26)21-7-15-10-24(19(28)29-15)14-4-2-12(3-5-14)17(27)16-8-23-18-22-6-13(20)9-25(16)18/h2-6,8-9,15H,7,10H2,1H3,(H,21,26)/t15-/m0/s1. The summed E-state index contributed by atoms with van der Waals surface area (Å²) in [5, 5.41) is 3.02. The van der Waals surface area contributed by atoms with Crippen LogP contribution in [0.4, 0.5) is 10.5 Å². The van der Waals surface area contributed by atoms with Gasteiger partial charge in [0.25, 0.3) is 0 Å². The smallest absolute Gasteiger partial charge is 0.414 e. The summed E-state index contributed by atoms with van der Waals surface area (Å²) in [5.41, 5.74) is 1.36. The van der Waals surface area contributed by atoms with Gasteiger partial charge in [-0.05, 0) is 24.3 Å². The van der Waals surface area contributed by atoms with E-state index < -0.39 is 12.2 Å². The van der Waals surface area contributed by atoms with Crippen LogP contribution in [-0.4, -0.2) is 51.3 Å². The van der Waals surface area contributed by atoms with Crippen LogP contribution < -0.4 is 10.2 Å².